The second-order valence-corrected chi connectivity index (χ2v) is 5.90. The Hall–Kier alpha value is -1.59. The van der Waals surface area contributed by atoms with Crippen molar-refractivity contribution in [3.63, 3.8) is 0 Å². The number of nitrogens with zero attached hydrogens (tertiary/aromatic N) is 1. The van der Waals surface area contributed by atoms with E-state index in [2.05, 4.69) is 79.9 Å². The van der Waals surface area contributed by atoms with Crippen molar-refractivity contribution in [3.05, 3.63) is 65.0 Å². The zero-order valence-corrected chi connectivity index (χ0v) is 16.0. The molecule has 0 aliphatic heterocycles. The second kappa shape index (κ2) is 10.2. The van der Waals surface area contributed by atoms with Gasteiger partial charge in [0.25, 0.3) is 0 Å². The van der Waals surface area contributed by atoms with Crippen LogP contribution in [-0.2, 0) is 13.0 Å². The maximum Gasteiger partial charge on any atom is 0.171 e. The van der Waals surface area contributed by atoms with Gasteiger partial charge < -0.3 is 17.0 Å². The molecule has 0 unspecified atom stereocenters. The third-order valence-electron chi connectivity index (χ3n) is 4.00. The second-order valence-electron chi connectivity index (χ2n) is 5.90. The number of benzene rings is 1. The van der Waals surface area contributed by atoms with Crippen molar-refractivity contribution in [1.82, 2.24) is 0 Å². The molecule has 1 aromatic carbocycles. The summed E-state index contributed by atoms with van der Waals surface area (Å²) in [4.78, 5) is 0. The third-order valence-corrected chi connectivity index (χ3v) is 4.00. The molecule has 0 N–H and O–H groups in total. The third kappa shape index (κ3) is 6.59. The average molecular weight is 372 g/mol. The van der Waals surface area contributed by atoms with Crippen molar-refractivity contribution in [2.75, 3.05) is 0 Å². The summed E-state index contributed by atoms with van der Waals surface area (Å²) in [6.45, 7) is 7.47. The molecule has 1 heterocycles. The summed E-state index contributed by atoms with van der Waals surface area (Å²) in [5.74, 6) is 6.54. The van der Waals surface area contributed by atoms with E-state index in [1.54, 1.807) is 0 Å². The van der Waals surface area contributed by atoms with Gasteiger partial charge in [0.1, 0.15) is 0 Å². The van der Waals surface area contributed by atoms with Crippen LogP contribution >= 0.6 is 0 Å². The number of hydrogen-bond acceptors (Lipinski definition) is 0. The zero-order valence-electron chi connectivity index (χ0n) is 14.4. The predicted molar refractivity (Wildman–Crippen MR) is 92.7 cm³/mol. The molecule has 1 aromatic heterocycles. The van der Waals surface area contributed by atoms with Crippen molar-refractivity contribution in [3.8, 4) is 11.8 Å². The van der Waals surface area contributed by atoms with Gasteiger partial charge in [-0.15, -0.1) is 0 Å². The van der Waals surface area contributed by atoms with Gasteiger partial charge in [0.05, 0.1) is 6.42 Å². The maximum atomic E-state index is 3.28. The molecule has 0 spiro atoms. The fraction of sp³-hybridized carbons (Fsp3) is 0.381. The molecule has 0 bridgehead atoms. The van der Waals surface area contributed by atoms with Gasteiger partial charge in [0.2, 0.25) is 0 Å². The van der Waals surface area contributed by atoms with E-state index in [0.717, 1.165) is 18.5 Å². The van der Waals surface area contributed by atoms with Crippen molar-refractivity contribution in [2.24, 2.45) is 0 Å². The molecule has 0 aliphatic rings. The van der Waals surface area contributed by atoms with E-state index in [9.17, 15) is 0 Å². The summed E-state index contributed by atoms with van der Waals surface area (Å²) >= 11 is 0. The van der Waals surface area contributed by atoms with Gasteiger partial charge in [0.15, 0.2) is 18.9 Å². The molecule has 0 radical (unpaired) electrons. The van der Waals surface area contributed by atoms with Crippen LogP contribution < -0.4 is 21.5 Å². The minimum Gasteiger partial charge on any atom is -1.00 e. The summed E-state index contributed by atoms with van der Waals surface area (Å²) in [5, 5.41) is 0. The van der Waals surface area contributed by atoms with Crippen LogP contribution in [0.2, 0.25) is 0 Å². The lowest BCUT2D eigenvalue weighted by molar-refractivity contribution is -0.696. The Balaban J connectivity index is 0.00000264. The van der Waals surface area contributed by atoms with E-state index in [1.807, 2.05) is 0 Å². The Morgan fingerprint density at radius 1 is 1.00 bits per heavy atom. The number of aromatic nitrogens is 1. The van der Waals surface area contributed by atoms with E-state index in [-0.39, 0.29) is 17.0 Å². The zero-order chi connectivity index (χ0) is 15.8. The SMILES string of the molecule is CCCCc1ccc(C#CCC[n+]2ccc(C)c(C)c2)cc1.[Br-]. The van der Waals surface area contributed by atoms with Crippen molar-refractivity contribution >= 4 is 0 Å². The van der Waals surface area contributed by atoms with Gasteiger partial charge in [-0.2, -0.15) is 0 Å². The number of pyridine rings is 1. The summed E-state index contributed by atoms with van der Waals surface area (Å²) < 4.78 is 2.21. The lowest BCUT2D eigenvalue weighted by Gasteiger charge is -1.99. The molecule has 2 aromatic rings. The van der Waals surface area contributed by atoms with Crippen molar-refractivity contribution < 1.29 is 21.5 Å². The largest absolute Gasteiger partial charge is 1.00 e. The Kier molecular flexibility index (Phi) is 8.66. The number of unbranched alkanes of at least 4 members (excludes halogenated alkanes) is 1. The van der Waals surface area contributed by atoms with Gasteiger partial charge in [0, 0.05) is 17.2 Å². The number of aryl methyl sites for hydroxylation is 4. The fourth-order valence-electron chi connectivity index (χ4n) is 2.36. The van der Waals surface area contributed by atoms with E-state index in [1.165, 1.54) is 36.0 Å². The highest BCUT2D eigenvalue weighted by atomic mass is 79.9. The first kappa shape index (κ1) is 19.5. The van der Waals surface area contributed by atoms with Crippen LogP contribution in [0, 0.1) is 25.7 Å². The first-order valence-corrected chi connectivity index (χ1v) is 8.23. The van der Waals surface area contributed by atoms with Crippen LogP contribution in [0.3, 0.4) is 0 Å². The average Bonchev–Trinajstić information content (AvgIpc) is 2.54. The van der Waals surface area contributed by atoms with Crippen LogP contribution in [0.5, 0.6) is 0 Å². The molecular weight excluding hydrogens is 346 g/mol. The Labute approximate surface area is 151 Å². The maximum absolute atomic E-state index is 3.28. The Bertz CT molecular complexity index is 662. The summed E-state index contributed by atoms with van der Waals surface area (Å²) in [6, 6.07) is 10.9. The molecule has 0 saturated heterocycles. The Morgan fingerprint density at radius 3 is 2.39 bits per heavy atom. The highest BCUT2D eigenvalue weighted by molar-refractivity contribution is 5.36. The van der Waals surface area contributed by atoms with E-state index < -0.39 is 0 Å². The van der Waals surface area contributed by atoms with E-state index >= 15 is 0 Å². The lowest BCUT2D eigenvalue weighted by atomic mass is 10.1. The van der Waals surface area contributed by atoms with Crippen molar-refractivity contribution in [2.45, 2.75) is 53.0 Å². The van der Waals surface area contributed by atoms with Crippen LogP contribution in [0.15, 0.2) is 42.7 Å². The molecule has 2 rings (SSSR count). The predicted octanol–water partition coefficient (Wildman–Crippen LogP) is 1.38. The fourth-order valence-corrected chi connectivity index (χ4v) is 2.36. The highest BCUT2D eigenvalue weighted by Gasteiger charge is 2.01. The molecule has 122 valence electrons. The minimum absolute atomic E-state index is 0. The summed E-state index contributed by atoms with van der Waals surface area (Å²) in [7, 11) is 0. The minimum atomic E-state index is 0. The normalized spacial score (nSPS) is 9.70. The van der Waals surface area contributed by atoms with Gasteiger partial charge in [-0.25, -0.2) is 4.57 Å². The molecule has 1 nitrogen and oxygen atoms in total. The summed E-state index contributed by atoms with van der Waals surface area (Å²) in [6.07, 6.45) is 8.89. The van der Waals surface area contributed by atoms with Crippen LogP contribution in [0.4, 0.5) is 0 Å². The van der Waals surface area contributed by atoms with Crippen LogP contribution in [0.25, 0.3) is 0 Å². The Morgan fingerprint density at radius 2 is 1.74 bits per heavy atom. The molecular formula is C21H26BrN. The smallest absolute Gasteiger partial charge is 0.171 e. The van der Waals surface area contributed by atoms with E-state index in [4.69, 9.17) is 0 Å². The van der Waals surface area contributed by atoms with Crippen LogP contribution in [-0.4, -0.2) is 0 Å². The van der Waals surface area contributed by atoms with Gasteiger partial charge in [-0.3, -0.25) is 0 Å². The van der Waals surface area contributed by atoms with Crippen molar-refractivity contribution in [1.29, 1.82) is 0 Å². The first-order chi connectivity index (χ1) is 10.7. The molecule has 0 aliphatic carbocycles. The quantitative estimate of drug-likeness (QED) is 0.552. The number of hydrogen-bond donors (Lipinski definition) is 0. The summed E-state index contributed by atoms with van der Waals surface area (Å²) in [5.41, 5.74) is 5.20. The topological polar surface area (TPSA) is 3.88 Å². The monoisotopic (exact) mass is 371 g/mol. The molecule has 0 fully saturated rings. The van der Waals surface area contributed by atoms with Gasteiger partial charge in [-0.1, -0.05) is 37.3 Å². The lowest BCUT2D eigenvalue weighted by Crippen LogP contribution is -3.00. The van der Waals surface area contributed by atoms with Gasteiger partial charge in [-0.05, 0) is 49.9 Å². The molecule has 2 heteroatoms. The van der Waals surface area contributed by atoms with Crippen LogP contribution in [0.1, 0.15) is 48.4 Å². The number of rotatable bonds is 5. The van der Waals surface area contributed by atoms with Gasteiger partial charge >= 0.3 is 0 Å². The van der Waals surface area contributed by atoms with E-state index in [0.29, 0.717) is 0 Å². The highest BCUT2D eigenvalue weighted by Crippen LogP contribution is 2.07. The first-order valence-electron chi connectivity index (χ1n) is 8.23. The molecule has 0 amide bonds. The molecule has 0 atom stereocenters. The number of halogens is 1. The molecule has 0 saturated carbocycles. The molecule has 23 heavy (non-hydrogen) atoms. The standard InChI is InChI=1S/C21H26N.BrH/c1-4-5-8-20-10-12-21(13-11-20)9-6-7-15-22-16-14-18(2)19(3)17-22;/h10-14,16-17H,4-5,7-8,15H2,1-3H3;1H/q+1;/p-1.